The summed E-state index contributed by atoms with van der Waals surface area (Å²) in [7, 11) is 3.05. The van der Waals surface area contributed by atoms with Crippen molar-refractivity contribution < 1.29 is 18.3 Å². The van der Waals surface area contributed by atoms with Crippen LogP contribution in [-0.4, -0.2) is 24.2 Å². The van der Waals surface area contributed by atoms with Crippen molar-refractivity contribution in [3.63, 3.8) is 0 Å². The van der Waals surface area contributed by atoms with Gasteiger partial charge in [0.25, 0.3) is 0 Å². The molecule has 23 heavy (non-hydrogen) atoms. The van der Waals surface area contributed by atoms with Crippen LogP contribution in [0.1, 0.15) is 0 Å². The molecular weight excluding hydrogens is 304 g/mol. The smallest absolute Gasteiger partial charge is 0.187 e. The summed E-state index contributed by atoms with van der Waals surface area (Å²) in [5.41, 5.74) is 0.922. The number of hydrogen-bond donors (Lipinski definition) is 1. The van der Waals surface area contributed by atoms with Gasteiger partial charge in [0.1, 0.15) is 17.7 Å². The summed E-state index contributed by atoms with van der Waals surface area (Å²) in [6.07, 6.45) is 1.35. The molecule has 0 aliphatic rings. The van der Waals surface area contributed by atoms with Crippen molar-refractivity contribution in [1.82, 2.24) is 9.97 Å². The molecular formula is C16H13F2N3O2. The molecule has 0 fully saturated rings. The summed E-state index contributed by atoms with van der Waals surface area (Å²) in [5, 5.41) is 3.61. The summed E-state index contributed by atoms with van der Waals surface area (Å²) in [4.78, 5) is 8.35. The number of fused-ring (bicyclic) bond motifs is 1. The first-order valence-corrected chi connectivity index (χ1v) is 6.72. The Morgan fingerprint density at radius 1 is 0.957 bits per heavy atom. The second kappa shape index (κ2) is 6.04. The van der Waals surface area contributed by atoms with Crippen molar-refractivity contribution in [2.24, 2.45) is 0 Å². The van der Waals surface area contributed by atoms with Crippen molar-refractivity contribution in [3.05, 3.63) is 48.3 Å². The van der Waals surface area contributed by atoms with Gasteiger partial charge in [-0.25, -0.2) is 18.7 Å². The Labute approximate surface area is 130 Å². The predicted molar refractivity (Wildman–Crippen MR) is 82.3 cm³/mol. The molecule has 7 heteroatoms. The molecule has 0 unspecified atom stereocenters. The van der Waals surface area contributed by atoms with Crippen LogP contribution in [0, 0.1) is 11.6 Å². The number of hydrogen-bond acceptors (Lipinski definition) is 5. The molecule has 0 amide bonds. The predicted octanol–water partition coefficient (Wildman–Crippen LogP) is 3.67. The average Bonchev–Trinajstić information content (AvgIpc) is 2.57. The molecule has 3 rings (SSSR count). The van der Waals surface area contributed by atoms with Gasteiger partial charge < -0.3 is 14.8 Å². The summed E-state index contributed by atoms with van der Waals surface area (Å²) >= 11 is 0. The SMILES string of the molecule is COc1ccc2c(Nc3ccc(F)c(F)c3)ncnc2c1OC. The van der Waals surface area contributed by atoms with Crippen molar-refractivity contribution in [1.29, 1.82) is 0 Å². The number of anilines is 2. The van der Waals surface area contributed by atoms with Crippen molar-refractivity contribution in [3.8, 4) is 11.5 Å². The largest absolute Gasteiger partial charge is 0.493 e. The van der Waals surface area contributed by atoms with Gasteiger partial charge in [-0.1, -0.05) is 0 Å². The van der Waals surface area contributed by atoms with E-state index >= 15 is 0 Å². The number of halogens is 2. The number of nitrogens with zero attached hydrogens (tertiary/aromatic N) is 2. The normalized spacial score (nSPS) is 10.6. The topological polar surface area (TPSA) is 56.3 Å². The lowest BCUT2D eigenvalue weighted by molar-refractivity contribution is 0.358. The fourth-order valence-electron chi connectivity index (χ4n) is 2.25. The molecule has 0 saturated heterocycles. The van der Waals surface area contributed by atoms with Crippen LogP contribution in [0.25, 0.3) is 10.9 Å². The molecule has 118 valence electrons. The molecule has 0 spiro atoms. The highest BCUT2D eigenvalue weighted by molar-refractivity contribution is 5.95. The van der Waals surface area contributed by atoms with Gasteiger partial charge in [0, 0.05) is 17.1 Å². The molecule has 0 radical (unpaired) electrons. The van der Waals surface area contributed by atoms with Crippen molar-refractivity contribution in [2.75, 3.05) is 19.5 Å². The maximum atomic E-state index is 13.3. The molecule has 0 atom stereocenters. The number of ether oxygens (including phenoxy) is 2. The molecule has 0 bridgehead atoms. The number of aromatic nitrogens is 2. The Kier molecular flexibility index (Phi) is 3.92. The van der Waals surface area contributed by atoms with Gasteiger partial charge in [-0.05, 0) is 24.3 Å². The Morgan fingerprint density at radius 3 is 2.48 bits per heavy atom. The lowest BCUT2D eigenvalue weighted by atomic mass is 10.2. The molecule has 0 saturated carbocycles. The zero-order valence-electron chi connectivity index (χ0n) is 12.4. The minimum atomic E-state index is -0.937. The van der Waals surface area contributed by atoms with E-state index in [0.717, 1.165) is 12.1 Å². The van der Waals surface area contributed by atoms with E-state index in [9.17, 15) is 8.78 Å². The van der Waals surface area contributed by atoms with Crippen molar-refractivity contribution >= 4 is 22.4 Å². The quantitative estimate of drug-likeness (QED) is 0.795. The highest BCUT2D eigenvalue weighted by Gasteiger charge is 2.14. The van der Waals surface area contributed by atoms with Crippen LogP contribution >= 0.6 is 0 Å². The standard InChI is InChI=1S/C16H13F2N3O2/c1-22-13-6-4-10-14(15(13)23-2)19-8-20-16(10)21-9-3-5-11(17)12(18)7-9/h3-8H,1-2H3,(H,19,20,21). The van der Waals surface area contributed by atoms with E-state index in [-0.39, 0.29) is 0 Å². The zero-order chi connectivity index (χ0) is 16.4. The van der Waals surface area contributed by atoms with Gasteiger partial charge in [-0.2, -0.15) is 0 Å². The van der Waals surface area contributed by atoms with Crippen LogP contribution in [0.15, 0.2) is 36.7 Å². The lowest BCUT2D eigenvalue weighted by Gasteiger charge is -2.12. The second-order valence-corrected chi connectivity index (χ2v) is 4.67. The molecule has 0 aliphatic heterocycles. The van der Waals surface area contributed by atoms with E-state index < -0.39 is 11.6 Å². The number of nitrogens with one attached hydrogen (secondary N) is 1. The number of methoxy groups -OCH3 is 2. The zero-order valence-corrected chi connectivity index (χ0v) is 12.4. The van der Waals surface area contributed by atoms with Crippen LogP contribution in [0.2, 0.25) is 0 Å². The van der Waals surface area contributed by atoms with E-state index in [4.69, 9.17) is 9.47 Å². The van der Waals surface area contributed by atoms with E-state index in [1.165, 1.54) is 26.6 Å². The molecule has 5 nitrogen and oxygen atoms in total. The van der Waals surface area contributed by atoms with E-state index in [2.05, 4.69) is 15.3 Å². The van der Waals surface area contributed by atoms with Crippen LogP contribution in [0.4, 0.5) is 20.3 Å². The van der Waals surface area contributed by atoms with Gasteiger partial charge in [0.05, 0.1) is 14.2 Å². The molecule has 1 N–H and O–H groups in total. The van der Waals surface area contributed by atoms with Gasteiger partial charge in [-0.3, -0.25) is 0 Å². The third-order valence-corrected chi connectivity index (χ3v) is 3.33. The highest BCUT2D eigenvalue weighted by atomic mass is 19.2. The third kappa shape index (κ3) is 2.73. The Balaban J connectivity index is 2.09. The molecule has 1 aromatic heterocycles. The van der Waals surface area contributed by atoms with Crippen molar-refractivity contribution in [2.45, 2.75) is 0 Å². The van der Waals surface area contributed by atoms with Crippen LogP contribution in [0.3, 0.4) is 0 Å². The van der Waals surface area contributed by atoms with E-state index in [1.54, 1.807) is 12.1 Å². The third-order valence-electron chi connectivity index (χ3n) is 3.33. The second-order valence-electron chi connectivity index (χ2n) is 4.67. The van der Waals surface area contributed by atoms with Crippen LogP contribution < -0.4 is 14.8 Å². The Hall–Kier alpha value is -2.96. The number of benzene rings is 2. The van der Waals surface area contributed by atoms with Gasteiger partial charge in [-0.15, -0.1) is 0 Å². The van der Waals surface area contributed by atoms with E-state index in [0.29, 0.717) is 33.9 Å². The highest BCUT2D eigenvalue weighted by Crippen LogP contribution is 2.36. The first-order valence-electron chi connectivity index (χ1n) is 6.72. The molecule has 1 heterocycles. The Bertz CT molecular complexity index is 871. The van der Waals surface area contributed by atoms with E-state index in [1.807, 2.05) is 0 Å². The first-order chi connectivity index (χ1) is 11.1. The fourth-order valence-corrected chi connectivity index (χ4v) is 2.25. The van der Waals surface area contributed by atoms with Crippen LogP contribution in [0.5, 0.6) is 11.5 Å². The molecule has 0 aliphatic carbocycles. The maximum absolute atomic E-state index is 13.3. The van der Waals surface area contributed by atoms with Gasteiger partial charge >= 0.3 is 0 Å². The maximum Gasteiger partial charge on any atom is 0.187 e. The summed E-state index contributed by atoms with van der Waals surface area (Å²) in [6.45, 7) is 0. The summed E-state index contributed by atoms with van der Waals surface area (Å²) < 4.78 is 36.9. The first kappa shape index (κ1) is 15.0. The monoisotopic (exact) mass is 317 g/mol. The average molecular weight is 317 g/mol. The fraction of sp³-hybridized carbons (Fsp3) is 0.125. The lowest BCUT2D eigenvalue weighted by Crippen LogP contribution is -1.99. The summed E-state index contributed by atoms with van der Waals surface area (Å²) in [6, 6.07) is 7.02. The molecule has 3 aromatic rings. The minimum Gasteiger partial charge on any atom is -0.493 e. The van der Waals surface area contributed by atoms with Crippen LogP contribution in [-0.2, 0) is 0 Å². The minimum absolute atomic E-state index is 0.374. The number of rotatable bonds is 4. The summed E-state index contributed by atoms with van der Waals surface area (Å²) in [5.74, 6) is -0.387. The molecule has 2 aromatic carbocycles. The van der Waals surface area contributed by atoms with Gasteiger partial charge in [0.2, 0.25) is 0 Å². The Morgan fingerprint density at radius 2 is 1.78 bits per heavy atom. The van der Waals surface area contributed by atoms with Gasteiger partial charge in [0.15, 0.2) is 23.1 Å².